The van der Waals surface area contributed by atoms with Gasteiger partial charge in [-0.2, -0.15) is 11.8 Å². The number of nitrogens with zero attached hydrogens (tertiary/aromatic N) is 2. The third-order valence-corrected chi connectivity index (χ3v) is 5.27. The van der Waals surface area contributed by atoms with Crippen LogP contribution in [0.3, 0.4) is 0 Å². The van der Waals surface area contributed by atoms with Crippen molar-refractivity contribution in [3.8, 4) is 0 Å². The number of H-pyrrole nitrogens is 1. The summed E-state index contributed by atoms with van der Waals surface area (Å²) in [7, 11) is 1.26. The number of carbonyl (C=O) groups is 2. The number of methoxy groups -OCH3 is 1. The molecule has 0 amide bonds. The van der Waals surface area contributed by atoms with Crippen molar-refractivity contribution >= 4 is 40.6 Å². The van der Waals surface area contributed by atoms with E-state index in [1.165, 1.54) is 7.11 Å². The van der Waals surface area contributed by atoms with E-state index >= 15 is 0 Å². The minimum absolute atomic E-state index is 0.0383. The van der Waals surface area contributed by atoms with Gasteiger partial charge in [-0.1, -0.05) is 0 Å². The quantitative estimate of drug-likeness (QED) is 0.501. The number of hydrogen-bond acceptors (Lipinski definition) is 7. The van der Waals surface area contributed by atoms with Crippen molar-refractivity contribution in [1.29, 1.82) is 0 Å². The second-order valence-electron chi connectivity index (χ2n) is 5.85. The van der Waals surface area contributed by atoms with Crippen LogP contribution in [0.1, 0.15) is 5.56 Å². The lowest BCUT2D eigenvalue weighted by Gasteiger charge is -2.28. The Morgan fingerprint density at radius 3 is 3.00 bits per heavy atom. The summed E-state index contributed by atoms with van der Waals surface area (Å²) in [6.45, 7) is 1.44. The number of esters is 1. The normalized spacial score (nSPS) is 19.3. The molecule has 1 saturated heterocycles. The van der Waals surface area contributed by atoms with Gasteiger partial charge in [-0.15, -0.1) is 0 Å². The number of allylic oxidation sites excluding steroid dienone is 1. The van der Waals surface area contributed by atoms with Gasteiger partial charge in [-0.3, -0.25) is 4.79 Å². The van der Waals surface area contributed by atoms with Gasteiger partial charge < -0.3 is 19.4 Å². The highest BCUT2D eigenvalue weighted by Crippen LogP contribution is 2.32. The van der Waals surface area contributed by atoms with Crippen LogP contribution in [0, 0.1) is 0 Å². The maximum atomic E-state index is 12.8. The van der Waals surface area contributed by atoms with Crippen LogP contribution < -0.4 is 0 Å². The van der Waals surface area contributed by atoms with E-state index in [1.807, 2.05) is 28.8 Å². The molecule has 2 aromatic rings. The van der Waals surface area contributed by atoms with Gasteiger partial charge in [0, 0.05) is 47.9 Å². The molecule has 0 aromatic carbocycles. The Labute approximate surface area is 154 Å². The number of pyridine rings is 1. The minimum Gasteiger partial charge on any atom is -0.465 e. The molecule has 4 heterocycles. The molecule has 0 bridgehead atoms. The molecule has 0 spiro atoms. The van der Waals surface area contributed by atoms with Crippen molar-refractivity contribution in [2.75, 3.05) is 31.7 Å². The zero-order valence-electron chi connectivity index (χ0n) is 14.2. The fourth-order valence-electron chi connectivity index (χ4n) is 3.03. The van der Waals surface area contributed by atoms with Crippen molar-refractivity contribution in [2.24, 2.45) is 0 Å². The number of rotatable bonds is 3. The average molecular weight is 371 g/mol. The van der Waals surface area contributed by atoms with E-state index in [0.717, 1.165) is 41.2 Å². The molecule has 134 valence electrons. The molecular formula is C18H17N3O4S. The summed E-state index contributed by atoms with van der Waals surface area (Å²) in [5, 5.41) is 0.874. The molecule has 8 heteroatoms. The molecule has 0 radical (unpaired) electrons. The van der Waals surface area contributed by atoms with Crippen molar-refractivity contribution in [1.82, 2.24) is 14.9 Å². The number of nitrogens with one attached hydrogen (secondary N) is 1. The third kappa shape index (κ3) is 2.86. The van der Waals surface area contributed by atoms with E-state index in [9.17, 15) is 9.59 Å². The predicted octanol–water partition coefficient (Wildman–Crippen LogP) is 1.94. The number of hydrogen-bond donors (Lipinski definition) is 1. The monoisotopic (exact) mass is 371 g/mol. The van der Waals surface area contributed by atoms with Crippen LogP contribution in [0.5, 0.6) is 0 Å². The lowest BCUT2D eigenvalue weighted by molar-refractivity contribution is -0.137. The number of ketones is 1. The molecule has 0 unspecified atom stereocenters. The van der Waals surface area contributed by atoms with Crippen molar-refractivity contribution < 1.29 is 19.1 Å². The number of fused-ring (bicyclic) bond motifs is 1. The standard InChI is InChI=1S/C18H17N3O4S/c1-24-18(23)14-15(22)13(25-17(14)21-5-7-26-8-6-21)9-11-10-20-16-12(11)3-2-4-19-16/h2-4,9-10H,5-8H2,1H3,(H,19,20)/b13-9-. The van der Waals surface area contributed by atoms with Crippen molar-refractivity contribution in [3.05, 3.63) is 47.3 Å². The molecule has 2 aromatic heterocycles. The number of aromatic amines is 1. The van der Waals surface area contributed by atoms with Gasteiger partial charge in [0.15, 0.2) is 11.3 Å². The number of ether oxygens (including phenoxy) is 2. The summed E-state index contributed by atoms with van der Waals surface area (Å²) in [6, 6.07) is 3.73. The Hall–Kier alpha value is -2.74. The number of aromatic nitrogens is 2. The van der Waals surface area contributed by atoms with Gasteiger partial charge >= 0.3 is 5.97 Å². The van der Waals surface area contributed by atoms with Gasteiger partial charge in [0.1, 0.15) is 5.65 Å². The first-order valence-electron chi connectivity index (χ1n) is 8.20. The zero-order valence-corrected chi connectivity index (χ0v) is 15.0. The summed E-state index contributed by atoms with van der Waals surface area (Å²) in [4.78, 5) is 34.2. The van der Waals surface area contributed by atoms with Crippen LogP contribution >= 0.6 is 11.8 Å². The first-order valence-corrected chi connectivity index (χ1v) is 9.36. The number of carbonyl (C=O) groups excluding carboxylic acids is 2. The number of thioether (sulfide) groups is 1. The fourth-order valence-corrected chi connectivity index (χ4v) is 3.93. The van der Waals surface area contributed by atoms with Crippen LogP contribution in [-0.4, -0.2) is 58.3 Å². The van der Waals surface area contributed by atoms with Crippen LogP contribution in [0.4, 0.5) is 0 Å². The third-order valence-electron chi connectivity index (χ3n) is 4.33. The average Bonchev–Trinajstić information content (AvgIpc) is 3.24. The molecule has 1 N–H and O–H groups in total. The van der Waals surface area contributed by atoms with Crippen LogP contribution in [0.25, 0.3) is 17.1 Å². The molecule has 2 aliphatic rings. The van der Waals surface area contributed by atoms with Crippen LogP contribution in [-0.2, 0) is 19.1 Å². The molecule has 1 fully saturated rings. The summed E-state index contributed by atoms with van der Waals surface area (Å²) < 4.78 is 10.7. The predicted molar refractivity (Wildman–Crippen MR) is 98.1 cm³/mol. The maximum absolute atomic E-state index is 12.8. The molecule has 26 heavy (non-hydrogen) atoms. The maximum Gasteiger partial charge on any atom is 0.347 e. The zero-order chi connectivity index (χ0) is 18.1. The molecule has 0 atom stereocenters. The highest BCUT2D eigenvalue weighted by Gasteiger charge is 2.39. The largest absolute Gasteiger partial charge is 0.465 e. The lowest BCUT2D eigenvalue weighted by atomic mass is 10.1. The molecule has 2 aliphatic heterocycles. The molecule has 0 saturated carbocycles. The Balaban J connectivity index is 1.72. The smallest absolute Gasteiger partial charge is 0.347 e. The Morgan fingerprint density at radius 1 is 1.42 bits per heavy atom. The molecule has 0 aliphatic carbocycles. The Morgan fingerprint density at radius 2 is 2.23 bits per heavy atom. The van der Waals surface area contributed by atoms with E-state index in [-0.39, 0.29) is 11.3 Å². The highest BCUT2D eigenvalue weighted by molar-refractivity contribution is 7.99. The van der Waals surface area contributed by atoms with Crippen molar-refractivity contribution in [3.63, 3.8) is 0 Å². The summed E-state index contributed by atoms with van der Waals surface area (Å²) in [6.07, 6.45) is 5.09. The first-order chi connectivity index (χ1) is 12.7. The molecular weight excluding hydrogens is 354 g/mol. The second-order valence-corrected chi connectivity index (χ2v) is 7.08. The van der Waals surface area contributed by atoms with Crippen molar-refractivity contribution in [2.45, 2.75) is 0 Å². The summed E-state index contributed by atoms with van der Waals surface area (Å²) in [5.41, 5.74) is 1.46. The molecule has 4 rings (SSSR count). The Kier molecular flexibility index (Phi) is 4.42. The first kappa shape index (κ1) is 16.7. The second kappa shape index (κ2) is 6.87. The van der Waals surface area contributed by atoms with Gasteiger partial charge in [0.05, 0.1) is 7.11 Å². The topological polar surface area (TPSA) is 84.5 Å². The van der Waals surface area contributed by atoms with Gasteiger partial charge in [0.2, 0.25) is 11.7 Å². The highest BCUT2D eigenvalue weighted by atomic mass is 32.2. The van der Waals surface area contributed by atoms with E-state index in [0.29, 0.717) is 5.88 Å². The SMILES string of the molecule is COC(=O)C1=C(N2CCSCC2)O/C(=C\c2c[nH]c3ncccc23)C1=O. The summed E-state index contributed by atoms with van der Waals surface area (Å²) in [5.74, 6) is 1.12. The minimum atomic E-state index is -0.674. The van der Waals surface area contributed by atoms with E-state index < -0.39 is 11.8 Å². The van der Waals surface area contributed by atoms with Gasteiger partial charge in [-0.25, -0.2) is 9.78 Å². The fraction of sp³-hybridized carbons (Fsp3) is 0.278. The van der Waals surface area contributed by atoms with E-state index in [1.54, 1.807) is 18.5 Å². The van der Waals surface area contributed by atoms with E-state index in [2.05, 4.69) is 9.97 Å². The van der Waals surface area contributed by atoms with Crippen LogP contribution in [0.2, 0.25) is 0 Å². The molecule has 7 nitrogen and oxygen atoms in total. The van der Waals surface area contributed by atoms with Crippen LogP contribution in [0.15, 0.2) is 41.7 Å². The van der Waals surface area contributed by atoms with E-state index in [4.69, 9.17) is 9.47 Å². The number of Topliss-reactive ketones (excluding diaryl/α,β-unsaturated/α-hetero) is 1. The Bertz CT molecular complexity index is 941. The van der Waals surface area contributed by atoms with Gasteiger partial charge in [-0.05, 0) is 18.2 Å². The summed E-state index contributed by atoms with van der Waals surface area (Å²) >= 11 is 1.83. The lowest BCUT2D eigenvalue weighted by Crippen LogP contribution is -2.33. The van der Waals surface area contributed by atoms with Gasteiger partial charge in [0.25, 0.3) is 0 Å².